The first-order chi connectivity index (χ1) is 10.8. The van der Waals surface area contributed by atoms with E-state index in [2.05, 4.69) is 26.0 Å². The number of ether oxygens (including phenoxy) is 1. The molecule has 1 aliphatic carbocycles. The van der Waals surface area contributed by atoms with Crippen molar-refractivity contribution in [3.63, 3.8) is 0 Å². The summed E-state index contributed by atoms with van der Waals surface area (Å²) in [5.74, 6) is 1.71. The molecular weight excluding hydrogens is 423 g/mol. The number of halogens is 1. The number of hydrogen-bond donors (Lipinski definition) is 2. The van der Waals surface area contributed by atoms with Crippen LogP contribution in [-0.2, 0) is 6.54 Å². The Hall–Kier alpha value is -1.35. The first-order valence-corrected chi connectivity index (χ1v) is 8.22. The van der Waals surface area contributed by atoms with E-state index in [9.17, 15) is 0 Å². The summed E-state index contributed by atoms with van der Waals surface area (Å²) >= 11 is 1.65. The maximum Gasteiger partial charge on any atom is 0.191 e. The molecule has 124 valence electrons. The Morgan fingerprint density at radius 2 is 2.09 bits per heavy atom. The Morgan fingerprint density at radius 3 is 2.70 bits per heavy atom. The highest BCUT2D eigenvalue weighted by Gasteiger charge is 2.22. The maximum absolute atomic E-state index is 5.18. The molecule has 0 spiro atoms. The van der Waals surface area contributed by atoms with Crippen LogP contribution in [0.2, 0.25) is 0 Å². The van der Waals surface area contributed by atoms with Crippen LogP contribution in [0.1, 0.15) is 18.5 Å². The Kier molecular flexibility index (Phi) is 6.64. The minimum absolute atomic E-state index is 0. The van der Waals surface area contributed by atoms with Gasteiger partial charge in [-0.1, -0.05) is 0 Å². The molecule has 0 bridgehead atoms. The van der Waals surface area contributed by atoms with Gasteiger partial charge in [0, 0.05) is 24.0 Å². The van der Waals surface area contributed by atoms with E-state index in [1.807, 2.05) is 24.3 Å². The summed E-state index contributed by atoms with van der Waals surface area (Å²) in [6, 6.07) is 8.56. The van der Waals surface area contributed by atoms with Gasteiger partial charge in [-0.3, -0.25) is 4.99 Å². The molecule has 0 atom stereocenters. The molecule has 0 radical (unpaired) electrons. The third-order valence-corrected chi connectivity index (χ3v) is 4.41. The molecule has 2 N–H and O–H groups in total. The van der Waals surface area contributed by atoms with Crippen molar-refractivity contribution in [2.24, 2.45) is 4.99 Å². The fourth-order valence-electron chi connectivity index (χ4n) is 2.04. The van der Waals surface area contributed by atoms with E-state index in [1.165, 1.54) is 12.8 Å². The molecule has 2 aromatic rings. The molecule has 23 heavy (non-hydrogen) atoms. The van der Waals surface area contributed by atoms with Crippen molar-refractivity contribution >= 4 is 41.3 Å². The zero-order valence-corrected chi connectivity index (χ0v) is 16.4. The van der Waals surface area contributed by atoms with Gasteiger partial charge in [-0.2, -0.15) is 0 Å². The molecule has 0 amide bonds. The van der Waals surface area contributed by atoms with E-state index < -0.39 is 0 Å². The van der Waals surface area contributed by atoms with Crippen LogP contribution in [0.25, 0.3) is 10.6 Å². The highest BCUT2D eigenvalue weighted by Crippen LogP contribution is 2.25. The molecule has 1 fully saturated rings. The monoisotopic (exact) mass is 444 g/mol. The molecule has 5 nitrogen and oxygen atoms in total. The topological polar surface area (TPSA) is 58.5 Å². The van der Waals surface area contributed by atoms with Gasteiger partial charge in [0.15, 0.2) is 5.96 Å². The first-order valence-electron chi connectivity index (χ1n) is 7.34. The molecule has 1 aromatic heterocycles. The number of aromatic nitrogens is 1. The number of guanidine groups is 1. The highest BCUT2D eigenvalue weighted by atomic mass is 127. The molecule has 1 aromatic carbocycles. The minimum Gasteiger partial charge on any atom is -0.497 e. The van der Waals surface area contributed by atoms with Crippen LogP contribution in [0.4, 0.5) is 0 Å². The van der Waals surface area contributed by atoms with Crippen molar-refractivity contribution in [2.75, 3.05) is 14.2 Å². The number of nitrogens with zero attached hydrogens (tertiary/aromatic N) is 2. The second-order valence-corrected chi connectivity index (χ2v) is 6.07. The second kappa shape index (κ2) is 8.49. The average Bonchev–Trinajstić information content (AvgIpc) is 3.26. The fraction of sp³-hybridized carbons (Fsp3) is 0.375. The minimum atomic E-state index is 0. The zero-order valence-electron chi connectivity index (χ0n) is 13.2. The number of methoxy groups -OCH3 is 1. The summed E-state index contributed by atoms with van der Waals surface area (Å²) in [4.78, 5) is 8.89. The third-order valence-electron chi connectivity index (χ3n) is 3.47. The van der Waals surface area contributed by atoms with Crippen molar-refractivity contribution < 1.29 is 4.74 Å². The van der Waals surface area contributed by atoms with Gasteiger partial charge in [0.1, 0.15) is 10.8 Å². The molecule has 0 saturated heterocycles. The summed E-state index contributed by atoms with van der Waals surface area (Å²) in [5.41, 5.74) is 2.13. The van der Waals surface area contributed by atoms with Gasteiger partial charge in [0.2, 0.25) is 0 Å². The lowest BCUT2D eigenvalue weighted by atomic mass is 10.2. The summed E-state index contributed by atoms with van der Waals surface area (Å²) in [6.45, 7) is 0.680. The number of aliphatic imine (C=N–C) groups is 1. The van der Waals surface area contributed by atoms with Crippen LogP contribution in [-0.4, -0.2) is 31.1 Å². The normalized spacial score (nSPS) is 14.1. The van der Waals surface area contributed by atoms with E-state index in [0.717, 1.165) is 28.0 Å². The molecule has 1 heterocycles. The van der Waals surface area contributed by atoms with Crippen LogP contribution in [0, 0.1) is 0 Å². The largest absolute Gasteiger partial charge is 0.497 e. The third kappa shape index (κ3) is 5.07. The molecule has 7 heteroatoms. The van der Waals surface area contributed by atoms with Crippen LogP contribution < -0.4 is 15.4 Å². The Bertz CT molecular complexity index is 652. The molecule has 0 aliphatic heterocycles. The summed E-state index contributed by atoms with van der Waals surface area (Å²) in [5, 5.41) is 9.76. The lowest BCUT2D eigenvalue weighted by Crippen LogP contribution is -2.38. The lowest BCUT2D eigenvalue weighted by Gasteiger charge is -2.09. The summed E-state index contributed by atoms with van der Waals surface area (Å²) < 4.78 is 5.18. The van der Waals surface area contributed by atoms with E-state index in [1.54, 1.807) is 25.5 Å². The molecule has 1 saturated carbocycles. The predicted molar refractivity (Wildman–Crippen MR) is 106 cm³/mol. The second-order valence-electron chi connectivity index (χ2n) is 5.22. The quantitative estimate of drug-likeness (QED) is 0.423. The van der Waals surface area contributed by atoms with Gasteiger partial charge in [-0.25, -0.2) is 4.98 Å². The Balaban J connectivity index is 0.00000192. The van der Waals surface area contributed by atoms with E-state index in [0.29, 0.717) is 12.6 Å². The van der Waals surface area contributed by atoms with Gasteiger partial charge in [-0.15, -0.1) is 35.3 Å². The number of benzene rings is 1. The number of thiazole rings is 1. The van der Waals surface area contributed by atoms with Crippen molar-refractivity contribution in [1.82, 2.24) is 15.6 Å². The number of nitrogens with one attached hydrogen (secondary N) is 2. The Labute approximate surface area is 157 Å². The number of rotatable bonds is 5. The lowest BCUT2D eigenvalue weighted by molar-refractivity contribution is 0.415. The van der Waals surface area contributed by atoms with Gasteiger partial charge in [0.05, 0.1) is 19.3 Å². The van der Waals surface area contributed by atoms with E-state index in [4.69, 9.17) is 4.74 Å². The molecule has 3 rings (SSSR count). The van der Waals surface area contributed by atoms with E-state index >= 15 is 0 Å². The maximum atomic E-state index is 5.18. The summed E-state index contributed by atoms with van der Waals surface area (Å²) in [7, 11) is 3.46. The molecule has 1 aliphatic rings. The number of hydrogen-bond acceptors (Lipinski definition) is 4. The van der Waals surface area contributed by atoms with Gasteiger partial charge >= 0.3 is 0 Å². The van der Waals surface area contributed by atoms with Crippen molar-refractivity contribution in [3.8, 4) is 16.3 Å². The van der Waals surface area contributed by atoms with Crippen LogP contribution in [0.3, 0.4) is 0 Å². The zero-order chi connectivity index (χ0) is 15.4. The predicted octanol–water partition coefficient (Wildman–Crippen LogP) is 3.26. The van der Waals surface area contributed by atoms with E-state index in [-0.39, 0.29) is 24.0 Å². The van der Waals surface area contributed by atoms with Gasteiger partial charge < -0.3 is 15.4 Å². The highest BCUT2D eigenvalue weighted by molar-refractivity contribution is 14.0. The smallest absolute Gasteiger partial charge is 0.191 e. The SMILES string of the molecule is CN=C(NCc1csc(-c2ccc(OC)cc2)n1)NC1CC1.I. The van der Waals surface area contributed by atoms with Gasteiger partial charge in [-0.05, 0) is 37.1 Å². The van der Waals surface area contributed by atoms with Gasteiger partial charge in [0.25, 0.3) is 0 Å². The first kappa shape index (κ1) is 18.0. The fourth-order valence-corrected chi connectivity index (χ4v) is 2.87. The van der Waals surface area contributed by atoms with Crippen LogP contribution in [0.15, 0.2) is 34.6 Å². The standard InChI is InChI=1S/C16H20N4OS.HI/c1-17-16(20-12-5-6-12)18-9-13-10-22-15(19-13)11-3-7-14(21-2)8-4-11;/h3-4,7-8,10,12H,5-6,9H2,1-2H3,(H2,17,18,20);1H. The Morgan fingerprint density at radius 1 is 1.35 bits per heavy atom. The average molecular weight is 444 g/mol. The van der Waals surface area contributed by atoms with Crippen LogP contribution in [0.5, 0.6) is 5.75 Å². The molecular formula is C16H21IN4OS. The van der Waals surface area contributed by atoms with Crippen LogP contribution >= 0.6 is 35.3 Å². The summed E-state index contributed by atoms with van der Waals surface area (Å²) in [6.07, 6.45) is 2.47. The van der Waals surface area contributed by atoms with Crippen molar-refractivity contribution in [2.45, 2.75) is 25.4 Å². The van der Waals surface area contributed by atoms with Crippen molar-refractivity contribution in [1.29, 1.82) is 0 Å². The van der Waals surface area contributed by atoms with Crippen molar-refractivity contribution in [3.05, 3.63) is 35.3 Å². The molecule has 0 unspecified atom stereocenters.